The highest BCUT2D eigenvalue weighted by atomic mass is 16.5. The fraction of sp³-hybridized carbons (Fsp3) is 0.364. The first-order chi connectivity index (χ1) is 8.53. The highest BCUT2D eigenvalue weighted by Gasteiger charge is 2.42. The van der Waals surface area contributed by atoms with Gasteiger partial charge in [-0.1, -0.05) is 0 Å². The van der Waals surface area contributed by atoms with Crippen molar-refractivity contribution in [1.29, 1.82) is 0 Å². The molecule has 1 fully saturated rings. The molecule has 18 heavy (non-hydrogen) atoms. The van der Waals surface area contributed by atoms with Gasteiger partial charge in [0.25, 0.3) is 0 Å². The van der Waals surface area contributed by atoms with Crippen LogP contribution in [0.4, 0.5) is 5.82 Å². The molecular weight excluding hydrogens is 238 g/mol. The van der Waals surface area contributed by atoms with Crippen molar-refractivity contribution in [3.8, 4) is 0 Å². The fourth-order valence-corrected chi connectivity index (χ4v) is 1.74. The number of primary amides is 1. The molecule has 2 rings (SSSR count). The highest BCUT2D eigenvalue weighted by Crippen LogP contribution is 2.23. The van der Waals surface area contributed by atoms with Gasteiger partial charge in [0.1, 0.15) is 5.82 Å². The zero-order valence-corrected chi connectivity index (χ0v) is 9.55. The molecule has 0 bridgehead atoms. The molecule has 1 aliphatic rings. The van der Waals surface area contributed by atoms with E-state index in [1.54, 1.807) is 0 Å². The van der Waals surface area contributed by atoms with Crippen LogP contribution in [0.1, 0.15) is 16.8 Å². The van der Waals surface area contributed by atoms with Crippen molar-refractivity contribution in [1.82, 2.24) is 4.98 Å². The lowest BCUT2D eigenvalue weighted by Gasteiger charge is -2.24. The van der Waals surface area contributed by atoms with E-state index in [4.69, 9.17) is 10.5 Å². The van der Waals surface area contributed by atoms with Gasteiger partial charge in [0.15, 0.2) is 5.54 Å². The third-order valence-corrected chi connectivity index (χ3v) is 2.85. The lowest BCUT2D eigenvalue weighted by atomic mass is 9.99. The number of anilines is 1. The van der Waals surface area contributed by atoms with Crippen molar-refractivity contribution < 1.29 is 19.4 Å². The van der Waals surface area contributed by atoms with Gasteiger partial charge >= 0.3 is 5.97 Å². The van der Waals surface area contributed by atoms with Gasteiger partial charge in [-0.05, 0) is 12.1 Å². The lowest BCUT2D eigenvalue weighted by molar-refractivity contribution is -0.142. The first kappa shape index (κ1) is 12.3. The van der Waals surface area contributed by atoms with E-state index in [1.165, 1.54) is 18.3 Å². The molecule has 1 aromatic rings. The summed E-state index contributed by atoms with van der Waals surface area (Å²) in [6, 6.07) is 3.01. The van der Waals surface area contributed by atoms with E-state index in [0.29, 0.717) is 18.8 Å². The van der Waals surface area contributed by atoms with Gasteiger partial charge in [-0.2, -0.15) is 0 Å². The summed E-state index contributed by atoms with van der Waals surface area (Å²) in [5, 5.41) is 12.1. The van der Waals surface area contributed by atoms with E-state index in [9.17, 15) is 14.7 Å². The van der Waals surface area contributed by atoms with Gasteiger partial charge in [0.2, 0.25) is 5.91 Å². The molecule has 1 unspecified atom stereocenters. The maximum atomic E-state index is 11.3. The minimum absolute atomic E-state index is 0.0849. The number of aliphatic carboxylic acids is 1. The summed E-state index contributed by atoms with van der Waals surface area (Å²) in [7, 11) is 0. The maximum Gasteiger partial charge on any atom is 0.331 e. The van der Waals surface area contributed by atoms with Gasteiger partial charge in [0, 0.05) is 19.2 Å². The van der Waals surface area contributed by atoms with Crippen molar-refractivity contribution >= 4 is 17.7 Å². The normalized spacial score (nSPS) is 22.7. The molecule has 0 aliphatic carbocycles. The summed E-state index contributed by atoms with van der Waals surface area (Å²) in [6.07, 6.45) is 1.66. The molecule has 1 saturated heterocycles. The second kappa shape index (κ2) is 4.61. The average Bonchev–Trinajstić information content (AvgIpc) is 2.79. The van der Waals surface area contributed by atoms with Crippen LogP contribution in [0.15, 0.2) is 18.3 Å². The van der Waals surface area contributed by atoms with Crippen LogP contribution in [0.25, 0.3) is 0 Å². The Labute approximate surface area is 103 Å². The van der Waals surface area contributed by atoms with Crippen LogP contribution in [0, 0.1) is 0 Å². The summed E-state index contributed by atoms with van der Waals surface area (Å²) in [5.74, 6) is -1.19. The monoisotopic (exact) mass is 251 g/mol. The van der Waals surface area contributed by atoms with Crippen molar-refractivity contribution in [2.45, 2.75) is 12.0 Å². The quantitative estimate of drug-likeness (QED) is 0.684. The Kier molecular flexibility index (Phi) is 3.15. The summed E-state index contributed by atoms with van der Waals surface area (Å²) < 4.78 is 5.11. The smallest absolute Gasteiger partial charge is 0.331 e. The zero-order valence-electron chi connectivity index (χ0n) is 9.55. The molecule has 0 radical (unpaired) electrons. The van der Waals surface area contributed by atoms with Crippen LogP contribution in [0.2, 0.25) is 0 Å². The minimum atomic E-state index is -1.15. The molecule has 7 nitrogen and oxygen atoms in total. The number of ether oxygens (including phenoxy) is 1. The van der Waals surface area contributed by atoms with Crippen LogP contribution >= 0.6 is 0 Å². The number of nitrogens with zero attached hydrogens (tertiary/aromatic N) is 1. The zero-order chi connectivity index (χ0) is 13.2. The Morgan fingerprint density at radius 1 is 1.50 bits per heavy atom. The molecule has 2 heterocycles. The summed E-state index contributed by atoms with van der Waals surface area (Å²) in [5.41, 5.74) is 4.21. The van der Waals surface area contributed by atoms with Crippen LogP contribution < -0.4 is 11.1 Å². The first-order valence-corrected chi connectivity index (χ1v) is 5.39. The molecule has 1 amide bonds. The Bertz CT molecular complexity index is 466. The van der Waals surface area contributed by atoms with E-state index >= 15 is 0 Å². The molecule has 96 valence electrons. The Morgan fingerprint density at radius 2 is 2.28 bits per heavy atom. The largest absolute Gasteiger partial charge is 0.479 e. The number of amides is 1. The SMILES string of the molecule is NC(=O)c1ccc(NC2(C(=O)O)CCOC2)nc1. The van der Waals surface area contributed by atoms with Crippen LogP contribution in [-0.4, -0.2) is 40.7 Å². The van der Waals surface area contributed by atoms with Crippen molar-refractivity contribution in [3.05, 3.63) is 23.9 Å². The first-order valence-electron chi connectivity index (χ1n) is 5.39. The van der Waals surface area contributed by atoms with Crippen LogP contribution in [-0.2, 0) is 9.53 Å². The second-order valence-electron chi connectivity index (χ2n) is 4.11. The fourth-order valence-electron chi connectivity index (χ4n) is 1.74. The number of carboxylic acid groups (broad SMARTS) is 1. The number of nitrogens with one attached hydrogen (secondary N) is 1. The summed E-state index contributed by atoms with van der Waals surface area (Å²) in [4.78, 5) is 26.1. The van der Waals surface area contributed by atoms with E-state index in [-0.39, 0.29) is 12.2 Å². The Morgan fingerprint density at radius 3 is 2.72 bits per heavy atom. The van der Waals surface area contributed by atoms with Crippen molar-refractivity contribution in [2.24, 2.45) is 5.73 Å². The standard InChI is InChI=1S/C11H13N3O4/c12-9(15)7-1-2-8(13-5-7)14-11(10(16)17)3-4-18-6-11/h1-2,5H,3-4,6H2,(H2,12,15)(H,13,14)(H,16,17). The van der Waals surface area contributed by atoms with Crippen molar-refractivity contribution in [2.75, 3.05) is 18.5 Å². The van der Waals surface area contributed by atoms with Crippen LogP contribution in [0.5, 0.6) is 0 Å². The number of hydrogen-bond donors (Lipinski definition) is 3. The Hall–Kier alpha value is -2.15. The molecule has 7 heteroatoms. The van der Waals surface area contributed by atoms with Gasteiger partial charge in [-0.3, -0.25) is 4.79 Å². The average molecular weight is 251 g/mol. The number of carbonyl (C=O) groups is 2. The van der Waals surface area contributed by atoms with E-state index in [1.807, 2.05) is 0 Å². The van der Waals surface area contributed by atoms with E-state index in [0.717, 1.165) is 0 Å². The predicted molar refractivity (Wildman–Crippen MR) is 62.2 cm³/mol. The summed E-state index contributed by atoms with van der Waals surface area (Å²) >= 11 is 0. The third kappa shape index (κ3) is 2.25. The maximum absolute atomic E-state index is 11.3. The number of rotatable bonds is 4. The highest BCUT2D eigenvalue weighted by molar-refractivity contribution is 5.92. The molecule has 4 N–H and O–H groups in total. The van der Waals surface area contributed by atoms with E-state index < -0.39 is 17.4 Å². The molecular formula is C11H13N3O4. The van der Waals surface area contributed by atoms with Gasteiger partial charge < -0.3 is 20.9 Å². The molecule has 1 aromatic heterocycles. The number of carbonyl (C=O) groups excluding carboxylic acids is 1. The molecule has 0 spiro atoms. The minimum Gasteiger partial charge on any atom is -0.479 e. The van der Waals surface area contributed by atoms with Crippen LogP contribution in [0.3, 0.4) is 0 Å². The molecule has 1 aliphatic heterocycles. The number of carboxylic acids is 1. The van der Waals surface area contributed by atoms with Gasteiger partial charge in [-0.25, -0.2) is 9.78 Å². The topological polar surface area (TPSA) is 115 Å². The summed E-state index contributed by atoms with van der Waals surface area (Å²) in [6.45, 7) is 0.472. The van der Waals surface area contributed by atoms with Gasteiger partial charge in [-0.15, -0.1) is 0 Å². The molecule has 0 saturated carbocycles. The number of nitrogens with two attached hydrogens (primary N) is 1. The molecule has 0 aromatic carbocycles. The van der Waals surface area contributed by atoms with E-state index in [2.05, 4.69) is 10.3 Å². The van der Waals surface area contributed by atoms with Crippen molar-refractivity contribution in [3.63, 3.8) is 0 Å². The lowest BCUT2D eigenvalue weighted by Crippen LogP contribution is -2.47. The number of hydrogen-bond acceptors (Lipinski definition) is 5. The second-order valence-corrected chi connectivity index (χ2v) is 4.11. The number of aromatic nitrogens is 1. The molecule has 1 atom stereocenters. The Balaban J connectivity index is 2.17. The predicted octanol–water partition coefficient (Wildman–Crippen LogP) is -0.164. The number of pyridine rings is 1. The van der Waals surface area contributed by atoms with Gasteiger partial charge in [0.05, 0.1) is 12.2 Å². The third-order valence-electron chi connectivity index (χ3n) is 2.85.